The van der Waals surface area contributed by atoms with Crippen LogP contribution in [0, 0.1) is 5.82 Å². The van der Waals surface area contributed by atoms with Crippen LogP contribution in [-0.4, -0.2) is 22.3 Å². The highest BCUT2D eigenvalue weighted by Gasteiger charge is 2.25. The molecular weight excluding hydrogens is 419 g/mol. The summed E-state index contributed by atoms with van der Waals surface area (Å²) in [6.45, 7) is 1.44. The van der Waals surface area contributed by atoms with E-state index in [9.17, 15) is 19.4 Å². The molecule has 0 aliphatic carbocycles. The normalized spacial score (nSPS) is 11.2. The molecule has 1 amide bonds. The van der Waals surface area contributed by atoms with Crippen LogP contribution >= 0.6 is 0 Å². The molecule has 0 radical (unpaired) electrons. The van der Waals surface area contributed by atoms with Gasteiger partial charge in [0.05, 0.1) is 6.54 Å². The standard InChI is InChI=1S/C27H23FN2O3/c1-18(31)30(17-20-11-13-21(28)14-12-20)25-24(29-16-15-19-7-3-2-4-8-19)26(32)22-9-5-6-10-23(22)27(25)33/h2-14,16,32-33H,15,17H2,1H3. The molecule has 0 unspecified atom stereocenters. The van der Waals surface area contributed by atoms with Crippen molar-refractivity contribution in [3.63, 3.8) is 0 Å². The average molecular weight is 442 g/mol. The smallest absolute Gasteiger partial charge is 0.224 e. The number of rotatable bonds is 6. The number of carbonyl (C=O) groups is 1. The van der Waals surface area contributed by atoms with E-state index in [4.69, 9.17) is 0 Å². The first-order chi connectivity index (χ1) is 16.0. The van der Waals surface area contributed by atoms with E-state index in [0.29, 0.717) is 22.8 Å². The molecule has 4 rings (SSSR count). The molecule has 0 aromatic heterocycles. The van der Waals surface area contributed by atoms with Crippen molar-refractivity contribution in [2.24, 2.45) is 4.99 Å². The number of halogens is 1. The van der Waals surface area contributed by atoms with Gasteiger partial charge in [-0.2, -0.15) is 0 Å². The Morgan fingerprint density at radius 1 is 0.879 bits per heavy atom. The molecule has 0 spiro atoms. The Balaban J connectivity index is 1.84. The topological polar surface area (TPSA) is 73.1 Å². The Morgan fingerprint density at radius 3 is 2.12 bits per heavy atom. The van der Waals surface area contributed by atoms with Gasteiger partial charge in [0.15, 0.2) is 5.75 Å². The molecule has 33 heavy (non-hydrogen) atoms. The van der Waals surface area contributed by atoms with Gasteiger partial charge >= 0.3 is 0 Å². The molecule has 6 heteroatoms. The van der Waals surface area contributed by atoms with E-state index in [0.717, 1.165) is 5.56 Å². The van der Waals surface area contributed by atoms with Crippen molar-refractivity contribution >= 4 is 34.3 Å². The molecule has 0 heterocycles. The van der Waals surface area contributed by atoms with Gasteiger partial charge in [-0.15, -0.1) is 0 Å². The lowest BCUT2D eigenvalue weighted by molar-refractivity contribution is -0.116. The highest BCUT2D eigenvalue weighted by molar-refractivity contribution is 6.09. The summed E-state index contributed by atoms with van der Waals surface area (Å²) < 4.78 is 13.4. The second-order valence-electron chi connectivity index (χ2n) is 7.67. The third-order valence-corrected chi connectivity index (χ3v) is 5.40. The van der Waals surface area contributed by atoms with Gasteiger partial charge in [-0.3, -0.25) is 9.79 Å². The van der Waals surface area contributed by atoms with Crippen molar-refractivity contribution < 1.29 is 19.4 Å². The fourth-order valence-electron chi connectivity index (χ4n) is 3.73. The minimum absolute atomic E-state index is 0.0716. The van der Waals surface area contributed by atoms with Gasteiger partial charge in [-0.25, -0.2) is 4.39 Å². The van der Waals surface area contributed by atoms with Crippen molar-refractivity contribution in [3.05, 3.63) is 95.8 Å². The number of aliphatic imine (C=N–C) groups is 1. The van der Waals surface area contributed by atoms with Crippen LogP contribution in [0.3, 0.4) is 0 Å². The van der Waals surface area contributed by atoms with Crippen LogP contribution in [0.4, 0.5) is 15.8 Å². The third-order valence-electron chi connectivity index (χ3n) is 5.40. The van der Waals surface area contributed by atoms with Crippen LogP contribution in [0.1, 0.15) is 18.1 Å². The van der Waals surface area contributed by atoms with Crippen molar-refractivity contribution in [3.8, 4) is 11.5 Å². The number of carbonyl (C=O) groups excluding carboxylic acids is 1. The Morgan fingerprint density at radius 2 is 1.48 bits per heavy atom. The summed E-state index contributed by atoms with van der Waals surface area (Å²) in [4.78, 5) is 18.5. The number of aromatic hydroxyl groups is 2. The number of fused-ring (bicyclic) bond motifs is 1. The largest absolute Gasteiger partial charge is 0.505 e. The third kappa shape index (κ3) is 4.70. The molecule has 0 aliphatic heterocycles. The predicted octanol–water partition coefficient (Wildman–Crippen LogP) is 5.89. The van der Waals surface area contributed by atoms with Crippen LogP contribution in [0.25, 0.3) is 10.8 Å². The number of hydrogen-bond acceptors (Lipinski definition) is 4. The lowest BCUT2D eigenvalue weighted by atomic mass is 10.0. The predicted molar refractivity (Wildman–Crippen MR) is 129 cm³/mol. The van der Waals surface area contributed by atoms with Gasteiger partial charge in [-0.05, 0) is 23.3 Å². The highest BCUT2D eigenvalue weighted by Crippen LogP contribution is 2.50. The SMILES string of the molecule is CC(=O)N(Cc1ccc(F)cc1)c1c(N=CCc2ccccc2)c(O)c2ccccc2c1O. The Hall–Kier alpha value is -4.19. The molecule has 0 atom stereocenters. The van der Waals surface area contributed by atoms with Gasteiger partial charge in [0.1, 0.15) is 22.9 Å². The maximum Gasteiger partial charge on any atom is 0.224 e. The van der Waals surface area contributed by atoms with Crippen LogP contribution in [0.5, 0.6) is 11.5 Å². The van der Waals surface area contributed by atoms with Gasteiger partial charge < -0.3 is 15.1 Å². The molecule has 4 aromatic rings. The molecule has 4 aromatic carbocycles. The molecule has 0 fully saturated rings. The van der Waals surface area contributed by atoms with Crippen LogP contribution in [0.2, 0.25) is 0 Å². The van der Waals surface area contributed by atoms with Crippen molar-refractivity contribution in [1.29, 1.82) is 0 Å². The molecule has 0 aliphatic rings. The molecule has 5 nitrogen and oxygen atoms in total. The van der Waals surface area contributed by atoms with Gasteiger partial charge in [0.25, 0.3) is 0 Å². The quantitative estimate of drug-likeness (QED) is 0.289. The second-order valence-corrected chi connectivity index (χ2v) is 7.67. The van der Waals surface area contributed by atoms with Crippen molar-refractivity contribution in [2.45, 2.75) is 19.9 Å². The lowest BCUT2D eigenvalue weighted by Gasteiger charge is -2.25. The van der Waals surface area contributed by atoms with E-state index in [2.05, 4.69) is 4.99 Å². The van der Waals surface area contributed by atoms with Crippen LogP contribution < -0.4 is 4.90 Å². The fraction of sp³-hybridized carbons (Fsp3) is 0.111. The van der Waals surface area contributed by atoms with Gasteiger partial charge in [0, 0.05) is 30.3 Å². The summed E-state index contributed by atoms with van der Waals surface area (Å²) in [6, 6.07) is 22.3. The van der Waals surface area contributed by atoms with E-state index in [-0.39, 0.29) is 41.1 Å². The first-order valence-electron chi connectivity index (χ1n) is 10.5. The molecule has 0 bridgehead atoms. The lowest BCUT2D eigenvalue weighted by Crippen LogP contribution is -2.28. The monoisotopic (exact) mass is 442 g/mol. The Kier molecular flexibility index (Phi) is 6.36. The maximum absolute atomic E-state index is 13.4. The zero-order valence-corrected chi connectivity index (χ0v) is 18.1. The fourth-order valence-corrected chi connectivity index (χ4v) is 3.73. The number of hydrogen-bond donors (Lipinski definition) is 2. The molecular formula is C27H23FN2O3. The van der Waals surface area contributed by atoms with Gasteiger partial charge in [0.2, 0.25) is 5.91 Å². The van der Waals surface area contributed by atoms with Crippen LogP contribution in [-0.2, 0) is 17.8 Å². The molecule has 166 valence electrons. The summed E-state index contributed by atoms with van der Waals surface area (Å²) in [5, 5.41) is 23.1. The number of benzene rings is 4. The molecule has 2 N–H and O–H groups in total. The summed E-state index contributed by atoms with van der Waals surface area (Å²) >= 11 is 0. The van der Waals surface area contributed by atoms with E-state index in [1.165, 1.54) is 24.0 Å². The van der Waals surface area contributed by atoms with E-state index < -0.39 is 0 Å². The van der Waals surface area contributed by atoms with Gasteiger partial charge in [-0.1, -0.05) is 66.7 Å². The molecule has 0 saturated carbocycles. The second kappa shape index (κ2) is 9.53. The van der Waals surface area contributed by atoms with E-state index in [1.807, 2.05) is 30.3 Å². The minimum Gasteiger partial charge on any atom is -0.505 e. The molecule has 0 saturated heterocycles. The highest BCUT2D eigenvalue weighted by atomic mass is 19.1. The average Bonchev–Trinajstić information content (AvgIpc) is 2.83. The minimum atomic E-state index is -0.384. The number of nitrogens with zero attached hydrogens (tertiary/aromatic N) is 2. The zero-order chi connectivity index (χ0) is 23.4. The van der Waals surface area contributed by atoms with Crippen molar-refractivity contribution in [1.82, 2.24) is 0 Å². The Labute approximate surface area is 191 Å². The summed E-state index contributed by atoms with van der Waals surface area (Å²) in [7, 11) is 0. The van der Waals surface area contributed by atoms with E-state index in [1.54, 1.807) is 42.6 Å². The number of amides is 1. The summed E-state index contributed by atoms with van der Waals surface area (Å²) in [6.07, 6.45) is 2.14. The van der Waals surface area contributed by atoms with Crippen molar-refractivity contribution in [2.75, 3.05) is 4.90 Å². The number of anilines is 1. The first-order valence-corrected chi connectivity index (χ1v) is 10.5. The first kappa shape index (κ1) is 22.0. The van der Waals surface area contributed by atoms with Crippen LogP contribution in [0.15, 0.2) is 83.9 Å². The van der Waals surface area contributed by atoms with E-state index >= 15 is 0 Å². The summed E-state index contributed by atoms with van der Waals surface area (Å²) in [5.41, 5.74) is 1.90. The summed E-state index contributed by atoms with van der Waals surface area (Å²) in [5.74, 6) is -1.03. The Bertz CT molecular complexity index is 1320. The number of phenolic OH excluding ortho intramolecular Hbond substituents is 2. The number of phenols is 2. The zero-order valence-electron chi connectivity index (χ0n) is 18.1. The maximum atomic E-state index is 13.4.